The predicted molar refractivity (Wildman–Crippen MR) is 100 cm³/mol. The summed E-state index contributed by atoms with van der Waals surface area (Å²) in [5, 5.41) is 2.78. The zero-order valence-electron chi connectivity index (χ0n) is 15.5. The van der Waals surface area contributed by atoms with Gasteiger partial charge in [0.05, 0.1) is 19.7 Å². The number of rotatable bonds is 11. The minimum atomic E-state index is -0.393. The van der Waals surface area contributed by atoms with E-state index in [2.05, 4.69) is 12.2 Å². The van der Waals surface area contributed by atoms with Gasteiger partial charge in [-0.15, -0.1) is 0 Å². The lowest BCUT2D eigenvalue weighted by Gasteiger charge is -2.13. The Kier molecular flexibility index (Phi) is 9.19. The first kappa shape index (κ1) is 19.6. The molecule has 2 rings (SSSR count). The highest BCUT2D eigenvalue weighted by molar-refractivity contribution is 5.84. The first-order valence-electron chi connectivity index (χ1n) is 9.78. The molecule has 5 nitrogen and oxygen atoms in total. The summed E-state index contributed by atoms with van der Waals surface area (Å²) < 4.78 is 11.0. The minimum Gasteiger partial charge on any atom is -0.494 e. The van der Waals surface area contributed by atoms with E-state index in [9.17, 15) is 4.79 Å². The number of hydrogen-bond donors (Lipinski definition) is 2. The molecular weight excluding hydrogens is 316 g/mol. The second-order valence-electron chi connectivity index (χ2n) is 6.76. The Balaban J connectivity index is 1.62. The predicted octanol–water partition coefficient (Wildman–Crippen LogP) is 3.26. The molecule has 1 aromatic carbocycles. The van der Waals surface area contributed by atoms with Gasteiger partial charge in [-0.3, -0.25) is 5.32 Å². The number of hydrogen-bond acceptors (Lipinski definition) is 3. The highest BCUT2D eigenvalue weighted by Crippen LogP contribution is 2.18. The topological polar surface area (TPSA) is 52.0 Å². The first-order valence-corrected chi connectivity index (χ1v) is 9.78. The second kappa shape index (κ2) is 11.7. The van der Waals surface area contributed by atoms with Gasteiger partial charge in [0.25, 0.3) is 0 Å². The maximum absolute atomic E-state index is 11.9. The number of ether oxygens (including phenoxy) is 2. The summed E-state index contributed by atoms with van der Waals surface area (Å²) in [7, 11) is 0. The number of unbranched alkanes of at least 4 members (excludes halogenated alkanes) is 4. The van der Waals surface area contributed by atoms with Crippen molar-refractivity contribution in [1.29, 1.82) is 0 Å². The van der Waals surface area contributed by atoms with Crippen molar-refractivity contribution < 1.29 is 19.2 Å². The van der Waals surface area contributed by atoms with Crippen LogP contribution in [0.15, 0.2) is 24.3 Å². The molecule has 140 valence electrons. The number of anilines is 1. The molecule has 1 heterocycles. The summed E-state index contributed by atoms with van der Waals surface area (Å²) in [6, 6.07) is 7.50. The van der Waals surface area contributed by atoms with Gasteiger partial charge in [-0.2, -0.15) is 0 Å². The smallest absolute Gasteiger partial charge is 0.411 e. The van der Waals surface area contributed by atoms with E-state index in [0.29, 0.717) is 12.3 Å². The van der Waals surface area contributed by atoms with Crippen LogP contribution >= 0.6 is 0 Å². The van der Waals surface area contributed by atoms with E-state index in [1.54, 1.807) is 0 Å². The fraction of sp³-hybridized carbons (Fsp3) is 0.650. The molecule has 5 heteroatoms. The third-order valence-corrected chi connectivity index (χ3v) is 4.60. The molecule has 25 heavy (non-hydrogen) atoms. The van der Waals surface area contributed by atoms with Crippen molar-refractivity contribution in [2.75, 3.05) is 38.2 Å². The number of nitrogens with one attached hydrogen (secondary N) is 2. The van der Waals surface area contributed by atoms with E-state index in [1.165, 1.54) is 56.5 Å². The van der Waals surface area contributed by atoms with E-state index in [4.69, 9.17) is 9.47 Å². The third kappa shape index (κ3) is 8.25. The van der Waals surface area contributed by atoms with Crippen molar-refractivity contribution in [2.24, 2.45) is 0 Å². The Bertz CT molecular complexity index is 501. The maximum Gasteiger partial charge on any atom is 0.411 e. The van der Waals surface area contributed by atoms with Gasteiger partial charge in [0.1, 0.15) is 18.9 Å². The van der Waals surface area contributed by atoms with Gasteiger partial charge >= 0.3 is 6.09 Å². The Morgan fingerprint density at radius 2 is 1.92 bits per heavy atom. The van der Waals surface area contributed by atoms with Crippen LogP contribution in [0.25, 0.3) is 0 Å². The van der Waals surface area contributed by atoms with Crippen molar-refractivity contribution >= 4 is 11.8 Å². The molecule has 0 aliphatic carbocycles. The normalized spacial score (nSPS) is 14.4. The number of likely N-dealkylation sites (tertiary alicyclic amines) is 1. The van der Waals surface area contributed by atoms with Crippen LogP contribution in [0.2, 0.25) is 0 Å². The molecule has 1 aliphatic heterocycles. The van der Waals surface area contributed by atoms with E-state index in [-0.39, 0.29) is 0 Å². The lowest BCUT2D eigenvalue weighted by atomic mass is 10.2. The summed E-state index contributed by atoms with van der Waals surface area (Å²) in [5.41, 5.74) is 0.710. The van der Waals surface area contributed by atoms with Crippen molar-refractivity contribution in [2.45, 2.75) is 51.9 Å². The number of carbonyl (C=O) groups excluding carboxylic acids is 1. The average molecular weight is 349 g/mol. The number of amides is 1. The standard InChI is InChI=1S/C20H32N2O3/c1-2-3-4-5-8-15-24-19-11-9-10-18(17-19)21-20(23)25-16-14-22-12-6-7-13-22/h9-11,17H,2-8,12-16H2,1H3,(H,21,23)/p+1. The van der Waals surface area contributed by atoms with E-state index >= 15 is 0 Å². The summed E-state index contributed by atoms with van der Waals surface area (Å²) >= 11 is 0. The summed E-state index contributed by atoms with van der Waals surface area (Å²) in [4.78, 5) is 13.4. The van der Waals surface area contributed by atoms with Crippen LogP contribution < -0.4 is 15.0 Å². The lowest BCUT2D eigenvalue weighted by molar-refractivity contribution is -0.887. The van der Waals surface area contributed by atoms with Crippen LogP contribution in [0.5, 0.6) is 5.75 Å². The molecule has 0 aromatic heterocycles. The third-order valence-electron chi connectivity index (χ3n) is 4.60. The van der Waals surface area contributed by atoms with Gasteiger partial charge in [-0.1, -0.05) is 38.7 Å². The molecule has 0 unspecified atom stereocenters. The Hall–Kier alpha value is -1.75. The molecule has 1 aliphatic rings. The Morgan fingerprint density at radius 1 is 1.12 bits per heavy atom. The molecule has 2 N–H and O–H groups in total. The molecule has 1 aromatic rings. The quantitative estimate of drug-likeness (QED) is 0.603. The lowest BCUT2D eigenvalue weighted by Crippen LogP contribution is -3.10. The molecule has 0 atom stereocenters. The van der Waals surface area contributed by atoms with Crippen molar-refractivity contribution in [3.05, 3.63) is 24.3 Å². The number of quaternary nitrogens is 1. The van der Waals surface area contributed by atoms with Gasteiger partial charge in [-0.25, -0.2) is 4.79 Å². The summed E-state index contributed by atoms with van der Waals surface area (Å²) in [6.45, 7) is 6.69. The fourth-order valence-electron chi connectivity index (χ4n) is 3.13. The summed E-state index contributed by atoms with van der Waals surface area (Å²) in [6.07, 6.45) is 8.27. The zero-order valence-corrected chi connectivity index (χ0v) is 15.5. The molecule has 1 saturated heterocycles. The molecular formula is C20H33N2O3+. The molecule has 1 amide bonds. The second-order valence-corrected chi connectivity index (χ2v) is 6.76. The molecule has 0 saturated carbocycles. The number of carbonyl (C=O) groups is 1. The van der Waals surface area contributed by atoms with Crippen LogP contribution in [0.3, 0.4) is 0 Å². The number of benzene rings is 1. The van der Waals surface area contributed by atoms with E-state index < -0.39 is 6.09 Å². The highest BCUT2D eigenvalue weighted by atomic mass is 16.5. The van der Waals surface area contributed by atoms with Crippen LogP contribution in [-0.4, -0.2) is 38.9 Å². The monoisotopic (exact) mass is 349 g/mol. The van der Waals surface area contributed by atoms with Crippen molar-refractivity contribution in [3.63, 3.8) is 0 Å². The highest BCUT2D eigenvalue weighted by Gasteiger charge is 2.15. The summed E-state index contributed by atoms with van der Waals surface area (Å²) in [5.74, 6) is 0.787. The molecule has 0 radical (unpaired) electrons. The van der Waals surface area contributed by atoms with Crippen LogP contribution in [-0.2, 0) is 4.74 Å². The van der Waals surface area contributed by atoms with Gasteiger partial charge in [0.2, 0.25) is 0 Å². The maximum atomic E-state index is 11.9. The molecule has 0 bridgehead atoms. The van der Waals surface area contributed by atoms with E-state index in [1.807, 2.05) is 24.3 Å². The van der Waals surface area contributed by atoms with Crippen LogP contribution in [0.1, 0.15) is 51.9 Å². The van der Waals surface area contributed by atoms with Gasteiger partial charge in [0, 0.05) is 24.6 Å². The molecule has 0 spiro atoms. The minimum absolute atomic E-state index is 0.393. The first-order chi connectivity index (χ1) is 12.3. The van der Waals surface area contributed by atoms with Gasteiger partial charge < -0.3 is 14.4 Å². The van der Waals surface area contributed by atoms with Gasteiger partial charge in [-0.05, 0) is 18.6 Å². The Labute approximate surface area is 151 Å². The van der Waals surface area contributed by atoms with Crippen molar-refractivity contribution in [3.8, 4) is 5.75 Å². The Morgan fingerprint density at radius 3 is 2.72 bits per heavy atom. The van der Waals surface area contributed by atoms with Crippen LogP contribution in [0.4, 0.5) is 10.5 Å². The van der Waals surface area contributed by atoms with E-state index in [0.717, 1.165) is 25.3 Å². The van der Waals surface area contributed by atoms with Crippen LogP contribution in [0, 0.1) is 0 Å². The van der Waals surface area contributed by atoms with Gasteiger partial charge in [0.15, 0.2) is 0 Å². The fourth-order valence-corrected chi connectivity index (χ4v) is 3.13. The SMILES string of the molecule is CCCCCCCOc1cccc(NC(=O)OCC[NH+]2CCCC2)c1. The van der Waals surface area contributed by atoms with Crippen molar-refractivity contribution in [1.82, 2.24) is 0 Å². The average Bonchev–Trinajstić information content (AvgIpc) is 3.12. The zero-order chi connectivity index (χ0) is 17.7. The largest absolute Gasteiger partial charge is 0.494 e. The molecule has 1 fully saturated rings.